The van der Waals surface area contributed by atoms with Crippen LogP contribution < -0.4 is 5.32 Å². The van der Waals surface area contributed by atoms with Crippen LogP contribution in [0.3, 0.4) is 0 Å². The Bertz CT molecular complexity index is 345. The van der Waals surface area contributed by atoms with Crippen molar-refractivity contribution in [1.82, 2.24) is 10.3 Å². The van der Waals surface area contributed by atoms with Gasteiger partial charge in [0.1, 0.15) is 5.69 Å². The maximum atomic E-state index is 11.7. The summed E-state index contributed by atoms with van der Waals surface area (Å²) in [5.41, 5.74) is 0.553. The van der Waals surface area contributed by atoms with Gasteiger partial charge in [0.2, 0.25) is 0 Å². The second kappa shape index (κ2) is 5.99. The molecule has 0 aliphatic carbocycles. The third-order valence-electron chi connectivity index (χ3n) is 2.26. The van der Waals surface area contributed by atoms with Gasteiger partial charge in [0.15, 0.2) is 0 Å². The topological polar surface area (TPSA) is 42.0 Å². The highest BCUT2D eigenvalue weighted by Crippen LogP contribution is 2.18. The van der Waals surface area contributed by atoms with E-state index in [9.17, 15) is 4.79 Å². The smallest absolute Gasteiger partial charge is 0.270 e. The molecule has 1 rings (SSSR count). The maximum Gasteiger partial charge on any atom is 0.270 e. The molecule has 1 aromatic heterocycles. The molecule has 4 heteroatoms. The number of rotatable bonds is 5. The fourth-order valence-corrected chi connectivity index (χ4v) is 2.04. The van der Waals surface area contributed by atoms with Gasteiger partial charge in [-0.15, -0.1) is 11.3 Å². The van der Waals surface area contributed by atoms with Gasteiger partial charge >= 0.3 is 0 Å². The first kappa shape index (κ1) is 13.2. The highest BCUT2D eigenvalue weighted by atomic mass is 32.1. The molecule has 1 heterocycles. The van der Waals surface area contributed by atoms with E-state index in [2.05, 4.69) is 38.0 Å². The van der Waals surface area contributed by atoms with Crippen LogP contribution in [-0.2, 0) is 0 Å². The molecule has 16 heavy (non-hydrogen) atoms. The first-order chi connectivity index (χ1) is 7.50. The van der Waals surface area contributed by atoms with E-state index >= 15 is 0 Å². The Morgan fingerprint density at radius 2 is 2.12 bits per heavy atom. The number of nitrogens with one attached hydrogen (secondary N) is 1. The molecule has 0 saturated heterocycles. The van der Waals surface area contributed by atoms with E-state index in [0.29, 0.717) is 17.5 Å². The molecule has 0 aliphatic heterocycles. The number of nitrogens with zero attached hydrogens (tertiary/aromatic N) is 1. The van der Waals surface area contributed by atoms with Gasteiger partial charge in [-0.25, -0.2) is 4.98 Å². The number of hydrogen-bond acceptors (Lipinski definition) is 3. The summed E-state index contributed by atoms with van der Waals surface area (Å²) in [6.07, 6.45) is 1.01. The van der Waals surface area contributed by atoms with Crippen LogP contribution in [0.15, 0.2) is 5.38 Å². The lowest BCUT2D eigenvalue weighted by atomic mass is 10.1. The van der Waals surface area contributed by atoms with Crippen LogP contribution in [0.25, 0.3) is 0 Å². The quantitative estimate of drug-likeness (QED) is 0.859. The van der Waals surface area contributed by atoms with Crippen LogP contribution in [-0.4, -0.2) is 17.4 Å². The van der Waals surface area contributed by atoms with Crippen LogP contribution in [0, 0.1) is 5.92 Å². The molecule has 0 aromatic carbocycles. The third-order valence-corrected chi connectivity index (χ3v) is 3.40. The van der Waals surface area contributed by atoms with Crippen molar-refractivity contribution in [2.24, 2.45) is 5.92 Å². The van der Waals surface area contributed by atoms with E-state index < -0.39 is 0 Å². The molecule has 3 nitrogen and oxygen atoms in total. The summed E-state index contributed by atoms with van der Waals surface area (Å²) in [7, 11) is 0. The summed E-state index contributed by atoms with van der Waals surface area (Å²) in [5, 5.41) is 5.74. The lowest BCUT2D eigenvalue weighted by Gasteiger charge is -2.05. The summed E-state index contributed by atoms with van der Waals surface area (Å²) in [4.78, 5) is 16.0. The molecule has 0 bridgehead atoms. The molecule has 90 valence electrons. The fourth-order valence-electron chi connectivity index (χ4n) is 1.22. The summed E-state index contributed by atoms with van der Waals surface area (Å²) in [5.74, 6) is 0.952. The molecule has 1 aromatic rings. The zero-order valence-electron chi connectivity index (χ0n) is 10.4. The van der Waals surface area contributed by atoms with Crippen LogP contribution >= 0.6 is 11.3 Å². The second-order valence-electron chi connectivity index (χ2n) is 4.66. The SMILES string of the molecule is CC(C)CCNC(=O)c1csc(C(C)C)n1. The average molecular weight is 240 g/mol. The van der Waals surface area contributed by atoms with Gasteiger partial charge in [-0.2, -0.15) is 0 Å². The van der Waals surface area contributed by atoms with Gasteiger partial charge in [0.05, 0.1) is 5.01 Å². The predicted octanol–water partition coefficient (Wildman–Crippen LogP) is 3.04. The Labute approximate surface area is 101 Å². The summed E-state index contributed by atoms with van der Waals surface area (Å²) in [6, 6.07) is 0. The second-order valence-corrected chi connectivity index (χ2v) is 5.55. The lowest BCUT2D eigenvalue weighted by Crippen LogP contribution is -2.25. The largest absolute Gasteiger partial charge is 0.351 e. The molecule has 0 aliphatic rings. The van der Waals surface area contributed by atoms with Gasteiger partial charge in [0.25, 0.3) is 5.91 Å². The summed E-state index contributed by atoms with van der Waals surface area (Å²) < 4.78 is 0. The zero-order chi connectivity index (χ0) is 12.1. The van der Waals surface area contributed by atoms with Crippen molar-refractivity contribution in [2.45, 2.75) is 40.0 Å². The van der Waals surface area contributed by atoms with Crippen molar-refractivity contribution in [2.75, 3.05) is 6.54 Å². The molecule has 0 radical (unpaired) electrons. The standard InChI is InChI=1S/C12H20N2OS/c1-8(2)5-6-13-11(15)10-7-16-12(14-10)9(3)4/h7-9H,5-6H2,1-4H3,(H,13,15). The fraction of sp³-hybridized carbons (Fsp3) is 0.667. The third kappa shape index (κ3) is 3.93. The predicted molar refractivity (Wildman–Crippen MR) is 68.0 cm³/mol. The minimum Gasteiger partial charge on any atom is -0.351 e. The molecular weight excluding hydrogens is 220 g/mol. The van der Waals surface area contributed by atoms with E-state index in [4.69, 9.17) is 0 Å². The molecule has 1 amide bonds. The molecule has 0 unspecified atom stereocenters. The first-order valence-electron chi connectivity index (χ1n) is 5.74. The summed E-state index contributed by atoms with van der Waals surface area (Å²) >= 11 is 1.55. The first-order valence-corrected chi connectivity index (χ1v) is 6.62. The number of carbonyl (C=O) groups excluding carboxylic acids is 1. The van der Waals surface area contributed by atoms with Crippen molar-refractivity contribution in [3.05, 3.63) is 16.1 Å². The van der Waals surface area contributed by atoms with Crippen molar-refractivity contribution in [3.8, 4) is 0 Å². The van der Waals surface area contributed by atoms with E-state index in [1.54, 1.807) is 11.3 Å². The highest BCUT2D eigenvalue weighted by molar-refractivity contribution is 7.09. The Kier molecular flexibility index (Phi) is 4.93. The minimum absolute atomic E-state index is 0.0520. The van der Waals surface area contributed by atoms with Gasteiger partial charge in [-0.1, -0.05) is 27.7 Å². The van der Waals surface area contributed by atoms with E-state index in [1.807, 2.05) is 5.38 Å². The zero-order valence-corrected chi connectivity index (χ0v) is 11.2. The van der Waals surface area contributed by atoms with Crippen LogP contribution in [0.1, 0.15) is 55.5 Å². The normalized spacial score (nSPS) is 11.1. The molecular formula is C12H20N2OS. The highest BCUT2D eigenvalue weighted by Gasteiger charge is 2.11. The molecule has 0 saturated carbocycles. The van der Waals surface area contributed by atoms with Gasteiger partial charge < -0.3 is 5.32 Å². The summed E-state index contributed by atoms with van der Waals surface area (Å²) in [6.45, 7) is 9.18. The molecule has 0 spiro atoms. The maximum absolute atomic E-state index is 11.7. The number of hydrogen-bond donors (Lipinski definition) is 1. The van der Waals surface area contributed by atoms with E-state index in [0.717, 1.165) is 18.0 Å². The Morgan fingerprint density at radius 3 is 2.62 bits per heavy atom. The number of thiazole rings is 1. The monoisotopic (exact) mass is 240 g/mol. The Hall–Kier alpha value is -0.900. The molecule has 0 atom stereocenters. The minimum atomic E-state index is -0.0520. The van der Waals surface area contributed by atoms with Crippen LogP contribution in [0.2, 0.25) is 0 Å². The van der Waals surface area contributed by atoms with E-state index in [1.165, 1.54) is 0 Å². The van der Waals surface area contributed by atoms with Crippen molar-refractivity contribution >= 4 is 17.2 Å². The Morgan fingerprint density at radius 1 is 1.44 bits per heavy atom. The van der Waals surface area contributed by atoms with Crippen molar-refractivity contribution in [1.29, 1.82) is 0 Å². The number of aromatic nitrogens is 1. The molecule has 1 N–H and O–H groups in total. The van der Waals surface area contributed by atoms with Gasteiger partial charge in [-0.3, -0.25) is 4.79 Å². The lowest BCUT2D eigenvalue weighted by molar-refractivity contribution is 0.0947. The Balaban J connectivity index is 2.46. The molecule has 0 fully saturated rings. The number of carbonyl (C=O) groups is 1. The van der Waals surface area contributed by atoms with Crippen LogP contribution in [0.5, 0.6) is 0 Å². The van der Waals surface area contributed by atoms with Crippen LogP contribution in [0.4, 0.5) is 0 Å². The number of amides is 1. The van der Waals surface area contributed by atoms with Crippen molar-refractivity contribution in [3.63, 3.8) is 0 Å². The van der Waals surface area contributed by atoms with Crippen molar-refractivity contribution < 1.29 is 4.79 Å². The van der Waals surface area contributed by atoms with Gasteiger partial charge in [-0.05, 0) is 12.3 Å². The van der Waals surface area contributed by atoms with E-state index in [-0.39, 0.29) is 5.91 Å². The van der Waals surface area contributed by atoms with Gasteiger partial charge in [0, 0.05) is 17.8 Å². The average Bonchev–Trinajstić information content (AvgIpc) is 2.65.